The molecule has 4 heterocycles. The molecule has 6 rings (SSSR count). The normalized spacial score (nSPS) is 23.5. The SMILES string of the molecule is CN1NC=C(SCC2=C(C(=O)[O-])N3C(=O)C(NC(=O)C(c4ccc(O)cc4)N(C(N)=O)c4cnc(NC5CCC(O)CC5)[nH]c4=O)[C@@H]3SC2)S1.[Na+]. The zero-order chi connectivity index (χ0) is 35.7. The van der Waals surface area contributed by atoms with E-state index >= 15 is 0 Å². The van der Waals surface area contributed by atoms with Gasteiger partial charge in [-0.15, -0.1) is 23.5 Å². The minimum absolute atomic E-state index is 0. The number of aromatic amines is 1. The van der Waals surface area contributed by atoms with Crippen LogP contribution in [0.3, 0.4) is 0 Å². The summed E-state index contributed by atoms with van der Waals surface area (Å²) in [5.41, 5.74) is 8.03. The fourth-order valence-electron chi connectivity index (χ4n) is 6.08. The number of fused-ring (bicyclic) bond motifs is 1. The van der Waals surface area contributed by atoms with Gasteiger partial charge in [-0.05, 0) is 60.9 Å². The Morgan fingerprint density at radius 1 is 1.20 bits per heavy atom. The number of carbonyl (C=O) groups excluding carboxylic acids is 4. The molecule has 0 spiro atoms. The van der Waals surface area contributed by atoms with E-state index < -0.39 is 46.8 Å². The van der Waals surface area contributed by atoms with Crippen LogP contribution in [0, 0.1) is 0 Å². The van der Waals surface area contributed by atoms with Gasteiger partial charge in [-0.25, -0.2) is 9.78 Å². The maximum Gasteiger partial charge on any atom is 1.00 e. The molecule has 266 valence electrons. The van der Waals surface area contributed by atoms with Crippen LogP contribution in [-0.4, -0.2) is 95.4 Å². The van der Waals surface area contributed by atoms with E-state index in [1.165, 1.54) is 59.7 Å². The van der Waals surface area contributed by atoms with E-state index in [0.29, 0.717) is 37.0 Å². The molecule has 3 aliphatic heterocycles. The standard InChI is InChI=1S/C30H35N9O8S3.Na/c1-37-33-11-20(50-37)48-12-15-13-49-27-21(26(44)39(27)23(15)28(45)46)35-25(43)22(14-2-6-17(40)7-3-14)38(29(31)47)19-10-32-30(36-24(19)42)34-16-4-8-18(41)9-5-16;/h2-3,6-7,10-11,16,18,21-22,27,33,40-41H,4-5,8-9,12-13H2,1H3,(H2,31,47)(H,35,43)(H,45,46)(H2,32,34,36,42);/q;+1/p-1/t16?,18?,21?,22?,27-;/m0./s1. The molecule has 21 heteroatoms. The number of amides is 4. The van der Waals surface area contributed by atoms with Crippen molar-refractivity contribution >= 4 is 70.9 Å². The van der Waals surface area contributed by atoms with Gasteiger partial charge in [0, 0.05) is 30.8 Å². The topological polar surface area (TPSA) is 249 Å². The van der Waals surface area contributed by atoms with Crippen molar-refractivity contribution in [3.8, 4) is 5.75 Å². The molecule has 1 aromatic heterocycles. The molecule has 17 nitrogen and oxygen atoms in total. The number of thioether (sulfide) groups is 2. The van der Waals surface area contributed by atoms with Crippen molar-refractivity contribution in [2.24, 2.45) is 5.73 Å². The summed E-state index contributed by atoms with van der Waals surface area (Å²) >= 11 is 4.12. The van der Waals surface area contributed by atoms with Gasteiger partial charge in [0.25, 0.3) is 11.5 Å². The Bertz CT molecular complexity index is 1810. The number of β-lactam (4-membered cyclic amide) rings is 1. The van der Waals surface area contributed by atoms with E-state index in [-0.39, 0.29) is 76.1 Å². The number of phenols is 1. The number of hydrogen-bond donors (Lipinski definition) is 7. The number of carboxylic acid groups (broad SMARTS) is 1. The molecule has 3 atom stereocenters. The van der Waals surface area contributed by atoms with Crippen molar-refractivity contribution in [1.29, 1.82) is 0 Å². The number of hydrazine groups is 1. The summed E-state index contributed by atoms with van der Waals surface area (Å²) in [6.45, 7) is 0. The molecule has 1 aliphatic carbocycles. The quantitative estimate of drug-likeness (QED) is 0.0678. The number of anilines is 2. The van der Waals surface area contributed by atoms with E-state index in [9.17, 15) is 39.3 Å². The van der Waals surface area contributed by atoms with E-state index in [0.717, 1.165) is 20.2 Å². The first-order chi connectivity index (χ1) is 23.9. The predicted molar refractivity (Wildman–Crippen MR) is 186 cm³/mol. The Morgan fingerprint density at radius 2 is 1.90 bits per heavy atom. The molecule has 0 bridgehead atoms. The number of carbonyl (C=O) groups is 4. The minimum atomic E-state index is -1.60. The molecule has 2 fully saturated rings. The van der Waals surface area contributed by atoms with Gasteiger partial charge in [0.15, 0.2) is 0 Å². The molecule has 1 saturated heterocycles. The monoisotopic (exact) mass is 767 g/mol. The number of urea groups is 1. The fraction of sp³-hybridized carbons (Fsp3) is 0.400. The number of nitrogens with two attached hydrogens (primary N) is 1. The van der Waals surface area contributed by atoms with E-state index in [2.05, 4.69) is 26.0 Å². The van der Waals surface area contributed by atoms with Crippen LogP contribution in [0.2, 0.25) is 0 Å². The molecule has 1 saturated carbocycles. The van der Waals surface area contributed by atoms with E-state index in [1.54, 1.807) is 10.6 Å². The number of aliphatic hydroxyl groups excluding tert-OH is 1. The number of phenolic OH excluding ortho intramolecular Hbond substituents is 1. The van der Waals surface area contributed by atoms with Crippen molar-refractivity contribution in [3.05, 3.63) is 68.1 Å². The van der Waals surface area contributed by atoms with Crippen LogP contribution in [0.5, 0.6) is 5.75 Å². The maximum atomic E-state index is 14.1. The first kappa shape index (κ1) is 38.9. The summed E-state index contributed by atoms with van der Waals surface area (Å²) < 4.78 is 2.69. The second-order valence-corrected chi connectivity index (χ2v) is 15.5. The Kier molecular flexibility index (Phi) is 12.6. The smallest absolute Gasteiger partial charge is 0.543 e. The number of primary amides is 1. The first-order valence-corrected chi connectivity index (χ1v) is 18.3. The van der Waals surface area contributed by atoms with Gasteiger partial charge in [-0.1, -0.05) is 12.1 Å². The number of carboxylic acids is 1. The molecule has 2 aromatic rings. The second-order valence-electron chi connectivity index (χ2n) is 11.9. The molecule has 51 heavy (non-hydrogen) atoms. The molecular formula is C30H34N9NaO8S3. The minimum Gasteiger partial charge on any atom is -0.543 e. The average Bonchev–Trinajstić information content (AvgIpc) is 3.51. The van der Waals surface area contributed by atoms with Crippen LogP contribution in [0.4, 0.5) is 16.4 Å². The van der Waals surface area contributed by atoms with Crippen LogP contribution >= 0.6 is 35.5 Å². The number of nitrogens with one attached hydrogen (secondary N) is 4. The molecule has 4 aliphatic rings. The van der Waals surface area contributed by atoms with E-state index in [4.69, 9.17) is 5.73 Å². The summed E-state index contributed by atoms with van der Waals surface area (Å²) in [5, 5.41) is 36.9. The van der Waals surface area contributed by atoms with Crippen LogP contribution in [0.1, 0.15) is 37.3 Å². The maximum absolute atomic E-state index is 14.1. The Hall–Kier alpha value is -3.37. The van der Waals surface area contributed by atoms with Crippen LogP contribution < -0.4 is 66.9 Å². The summed E-state index contributed by atoms with van der Waals surface area (Å²) in [5.74, 6) is -2.53. The number of H-pyrrole nitrogens is 1. The first-order valence-electron chi connectivity index (χ1n) is 15.5. The molecular weight excluding hydrogens is 734 g/mol. The summed E-state index contributed by atoms with van der Waals surface area (Å²) in [6.07, 6.45) is 5.02. The van der Waals surface area contributed by atoms with Gasteiger partial charge >= 0.3 is 35.6 Å². The van der Waals surface area contributed by atoms with Crippen molar-refractivity contribution in [2.75, 3.05) is 28.8 Å². The van der Waals surface area contributed by atoms with Crippen molar-refractivity contribution in [2.45, 2.75) is 55.3 Å². The number of aromatic hydroxyl groups is 1. The van der Waals surface area contributed by atoms with Crippen molar-refractivity contribution < 1.29 is 64.1 Å². The van der Waals surface area contributed by atoms with Gasteiger partial charge in [-0.3, -0.25) is 29.2 Å². The Labute approximate surface area is 326 Å². The third-order valence-electron chi connectivity index (χ3n) is 8.55. The number of rotatable bonds is 11. The number of aliphatic hydroxyl groups is 1. The fourth-order valence-corrected chi connectivity index (χ4v) is 9.45. The Balaban J connectivity index is 0.00000504. The zero-order valence-electron chi connectivity index (χ0n) is 27.5. The number of nitrogens with zero attached hydrogens (tertiary/aromatic N) is 4. The molecule has 1 aromatic carbocycles. The van der Waals surface area contributed by atoms with Gasteiger partial charge in [0.2, 0.25) is 11.9 Å². The Morgan fingerprint density at radius 3 is 2.51 bits per heavy atom. The number of aromatic nitrogens is 2. The zero-order valence-corrected chi connectivity index (χ0v) is 32.0. The predicted octanol–water partition coefficient (Wildman–Crippen LogP) is -3.14. The summed E-state index contributed by atoms with van der Waals surface area (Å²) in [6, 6.07) is 1.29. The second kappa shape index (κ2) is 16.5. The molecule has 8 N–H and O–H groups in total. The molecule has 2 unspecified atom stereocenters. The molecule has 4 amide bonds. The van der Waals surface area contributed by atoms with Gasteiger partial charge < -0.3 is 41.9 Å². The van der Waals surface area contributed by atoms with E-state index in [1.807, 2.05) is 7.05 Å². The third kappa shape index (κ3) is 8.48. The van der Waals surface area contributed by atoms with Gasteiger partial charge in [0.1, 0.15) is 28.9 Å². The number of benzene rings is 1. The van der Waals surface area contributed by atoms with Crippen LogP contribution in [-0.2, 0) is 14.4 Å². The van der Waals surface area contributed by atoms with Crippen molar-refractivity contribution in [3.63, 3.8) is 0 Å². The molecule has 0 radical (unpaired) electrons. The third-order valence-corrected chi connectivity index (χ3v) is 12.0. The average molecular weight is 768 g/mol. The van der Waals surface area contributed by atoms with Crippen LogP contribution in [0.15, 0.2) is 57.0 Å². The van der Waals surface area contributed by atoms with Gasteiger partial charge in [0.05, 0.1) is 28.2 Å². The summed E-state index contributed by atoms with van der Waals surface area (Å²) in [7, 11) is 1.83. The van der Waals surface area contributed by atoms with Crippen LogP contribution in [0.25, 0.3) is 0 Å². The van der Waals surface area contributed by atoms with Crippen molar-refractivity contribution in [1.82, 2.24) is 30.0 Å². The largest absolute Gasteiger partial charge is 1.00 e. The number of aliphatic carboxylic acids is 1. The van der Waals surface area contributed by atoms with Gasteiger partial charge in [-0.2, -0.15) is 4.41 Å². The number of hydrogen-bond acceptors (Lipinski definition) is 15. The summed E-state index contributed by atoms with van der Waals surface area (Å²) in [4.78, 5) is 74.8.